The van der Waals surface area contributed by atoms with Gasteiger partial charge in [0.15, 0.2) is 0 Å². The summed E-state index contributed by atoms with van der Waals surface area (Å²) in [5.41, 5.74) is 3.51. The van der Waals surface area contributed by atoms with Crippen molar-refractivity contribution in [1.29, 1.82) is 0 Å². The van der Waals surface area contributed by atoms with Crippen molar-refractivity contribution in [3.8, 4) is 11.3 Å². The summed E-state index contributed by atoms with van der Waals surface area (Å²) in [4.78, 5) is 0. The predicted octanol–water partition coefficient (Wildman–Crippen LogP) is 2.85. The first-order valence-electron chi connectivity index (χ1n) is 4.47. The fourth-order valence-corrected chi connectivity index (χ4v) is 1.30. The minimum atomic E-state index is -0.501. The summed E-state index contributed by atoms with van der Waals surface area (Å²) in [5, 5.41) is 6.67. The molecule has 2 nitrogen and oxygen atoms in total. The largest absolute Gasteiger partial charge is 0.279 e. The molecule has 0 unspecified atom stereocenters. The SMILES string of the molecule is Cc1ccc(-c2cc(CF)[nH]n2)cc1. The highest BCUT2D eigenvalue weighted by atomic mass is 19.1. The van der Waals surface area contributed by atoms with Gasteiger partial charge in [0.25, 0.3) is 0 Å². The monoisotopic (exact) mass is 190 g/mol. The second-order valence-corrected chi connectivity index (χ2v) is 3.28. The van der Waals surface area contributed by atoms with E-state index in [0.717, 1.165) is 11.3 Å². The molecule has 0 fully saturated rings. The maximum absolute atomic E-state index is 12.2. The number of aromatic amines is 1. The van der Waals surface area contributed by atoms with Gasteiger partial charge in [0.2, 0.25) is 0 Å². The summed E-state index contributed by atoms with van der Waals surface area (Å²) in [6.45, 7) is 1.53. The number of aryl methyl sites for hydroxylation is 1. The Morgan fingerprint density at radius 3 is 2.57 bits per heavy atom. The third kappa shape index (κ3) is 1.66. The molecule has 2 rings (SSSR count). The minimum absolute atomic E-state index is 0.501. The number of aromatic nitrogens is 2. The van der Waals surface area contributed by atoms with Crippen LogP contribution in [0.1, 0.15) is 11.3 Å². The van der Waals surface area contributed by atoms with Crippen LogP contribution in [0.3, 0.4) is 0 Å². The Labute approximate surface area is 81.8 Å². The van der Waals surface area contributed by atoms with Crippen LogP contribution in [0.25, 0.3) is 11.3 Å². The van der Waals surface area contributed by atoms with E-state index in [1.54, 1.807) is 6.07 Å². The molecule has 0 bridgehead atoms. The van der Waals surface area contributed by atoms with Crippen molar-refractivity contribution in [2.45, 2.75) is 13.6 Å². The molecule has 72 valence electrons. The van der Waals surface area contributed by atoms with Gasteiger partial charge in [-0.25, -0.2) is 4.39 Å². The molecule has 0 saturated heterocycles. The van der Waals surface area contributed by atoms with E-state index in [9.17, 15) is 4.39 Å². The van der Waals surface area contributed by atoms with Crippen molar-refractivity contribution < 1.29 is 4.39 Å². The van der Waals surface area contributed by atoms with Crippen molar-refractivity contribution in [2.24, 2.45) is 0 Å². The lowest BCUT2D eigenvalue weighted by Gasteiger charge is -1.95. The number of nitrogens with zero attached hydrogens (tertiary/aromatic N) is 1. The molecular weight excluding hydrogens is 179 g/mol. The molecule has 14 heavy (non-hydrogen) atoms. The van der Waals surface area contributed by atoms with Gasteiger partial charge in [-0.05, 0) is 13.0 Å². The Balaban J connectivity index is 2.34. The summed E-state index contributed by atoms with van der Waals surface area (Å²) in [6.07, 6.45) is 0. The number of hydrogen-bond donors (Lipinski definition) is 1. The fourth-order valence-electron chi connectivity index (χ4n) is 1.30. The zero-order chi connectivity index (χ0) is 9.97. The van der Waals surface area contributed by atoms with Crippen LogP contribution in [-0.2, 0) is 6.67 Å². The Morgan fingerprint density at radius 1 is 1.29 bits per heavy atom. The van der Waals surface area contributed by atoms with Gasteiger partial charge in [-0.1, -0.05) is 29.8 Å². The summed E-state index contributed by atoms with van der Waals surface area (Å²) < 4.78 is 12.2. The van der Waals surface area contributed by atoms with Gasteiger partial charge in [0, 0.05) is 5.56 Å². The van der Waals surface area contributed by atoms with Gasteiger partial charge < -0.3 is 0 Å². The van der Waals surface area contributed by atoms with Crippen LogP contribution in [-0.4, -0.2) is 10.2 Å². The number of alkyl halides is 1. The summed E-state index contributed by atoms with van der Waals surface area (Å²) in [5.74, 6) is 0. The maximum Gasteiger partial charge on any atom is 0.131 e. The Bertz CT molecular complexity index is 417. The van der Waals surface area contributed by atoms with Crippen LogP contribution in [0, 0.1) is 6.92 Å². The standard InChI is InChI=1S/C11H11FN2/c1-8-2-4-9(5-3-8)11-6-10(7-12)13-14-11/h2-6H,7H2,1H3,(H,13,14). The second kappa shape index (κ2) is 3.62. The van der Waals surface area contributed by atoms with Crippen molar-refractivity contribution in [3.05, 3.63) is 41.6 Å². The molecule has 0 aliphatic carbocycles. The first kappa shape index (κ1) is 8.94. The molecule has 1 N–H and O–H groups in total. The van der Waals surface area contributed by atoms with Crippen LogP contribution >= 0.6 is 0 Å². The van der Waals surface area contributed by atoms with E-state index in [-0.39, 0.29) is 0 Å². The third-order valence-electron chi connectivity index (χ3n) is 2.12. The first-order valence-corrected chi connectivity index (χ1v) is 4.47. The lowest BCUT2D eigenvalue weighted by Crippen LogP contribution is -1.78. The van der Waals surface area contributed by atoms with E-state index >= 15 is 0 Å². The number of rotatable bonds is 2. The van der Waals surface area contributed by atoms with Crippen molar-refractivity contribution in [3.63, 3.8) is 0 Å². The van der Waals surface area contributed by atoms with E-state index < -0.39 is 6.67 Å². The van der Waals surface area contributed by atoms with Gasteiger partial charge >= 0.3 is 0 Å². The molecule has 2 aromatic rings. The van der Waals surface area contributed by atoms with Gasteiger partial charge in [0.05, 0.1) is 11.4 Å². The van der Waals surface area contributed by atoms with E-state index in [4.69, 9.17) is 0 Å². The zero-order valence-electron chi connectivity index (χ0n) is 7.92. The van der Waals surface area contributed by atoms with Crippen LogP contribution in [0.5, 0.6) is 0 Å². The van der Waals surface area contributed by atoms with E-state index in [1.807, 2.05) is 31.2 Å². The Morgan fingerprint density at radius 2 is 2.00 bits per heavy atom. The number of H-pyrrole nitrogens is 1. The molecule has 1 aromatic carbocycles. The van der Waals surface area contributed by atoms with Crippen LogP contribution in [0.4, 0.5) is 4.39 Å². The smallest absolute Gasteiger partial charge is 0.131 e. The summed E-state index contributed by atoms with van der Waals surface area (Å²) in [6, 6.07) is 9.71. The summed E-state index contributed by atoms with van der Waals surface area (Å²) >= 11 is 0. The van der Waals surface area contributed by atoms with E-state index in [1.165, 1.54) is 5.56 Å². The molecule has 1 aromatic heterocycles. The lowest BCUT2D eigenvalue weighted by molar-refractivity contribution is 0.475. The number of halogens is 1. The van der Waals surface area contributed by atoms with Gasteiger partial charge in [-0.15, -0.1) is 0 Å². The first-order chi connectivity index (χ1) is 6.79. The predicted molar refractivity (Wildman–Crippen MR) is 53.6 cm³/mol. The molecule has 3 heteroatoms. The molecule has 0 aliphatic rings. The normalized spacial score (nSPS) is 10.4. The van der Waals surface area contributed by atoms with Crippen molar-refractivity contribution in [1.82, 2.24) is 10.2 Å². The van der Waals surface area contributed by atoms with Crippen LogP contribution in [0.2, 0.25) is 0 Å². The van der Waals surface area contributed by atoms with Crippen molar-refractivity contribution in [2.75, 3.05) is 0 Å². The molecule has 0 saturated carbocycles. The second-order valence-electron chi connectivity index (χ2n) is 3.28. The Hall–Kier alpha value is -1.64. The quantitative estimate of drug-likeness (QED) is 0.775. The van der Waals surface area contributed by atoms with E-state index in [2.05, 4.69) is 10.2 Å². The molecular formula is C11H11FN2. The number of nitrogens with one attached hydrogen (secondary N) is 1. The summed E-state index contributed by atoms with van der Waals surface area (Å²) in [7, 11) is 0. The van der Waals surface area contributed by atoms with E-state index in [0.29, 0.717) is 5.69 Å². The average molecular weight is 190 g/mol. The molecule has 0 radical (unpaired) electrons. The number of benzene rings is 1. The molecule has 0 spiro atoms. The van der Waals surface area contributed by atoms with Gasteiger partial charge in [0.1, 0.15) is 6.67 Å². The van der Waals surface area contributed by atoms with Gasteiger partial charge in [-0.2, -0.15) is 5.10 Å². The van der Waals surface area contributed by atoms with Crippen molar-refractivity contribution >= 4 is 0 Å². The molecule has 0 amide bonds. The molecule has 0 aliphatic heterocycles. The zero-order valence-corrected chi connectivity index (χ0v) is 7.92. The topological polar surface area (TPSA) is 28.7 Å². The highest BCUT2D eigenvalue weighted by Gasteiger charge is 2.02. The highest BCUT2D eigenvalue weighted by molar-refractivity contribution is 5.59. The van der Waals surface area contributed by atoms with Crippen LogP contribution in [0.15, 0.2) is 30.3 Å². The fraction of sp³-hybridized carbons (Fsp3) is 0.182. The maximum atomic E-state index is 12.2. The molecule has 0 atom stereocenters. The van der Waals surface area contributed by atoms with Crippen LogP contribution < -0.4 is 0 Å². The highest BCUT2D eigenvalue weighted by Crippen LogP contribution is 2.18. The third-order valence-corrected chi connectivity index (χ3v) is 2.12. The minimum Gasteiger partial charge on any atom is -0.279 e. The lowest BCUT2D eigenvalue weighted by atomic mass is 10.1. The molecule has 1 heterocycles. The van der Waals surface area contributed by atoms with Gasteiger partial charge in [-0.3, -0.25) is 5.10 Å². The average Bonchev–Trinajstić information content (AvgIpc) is 2.67. The number of hydrogen-bond acceptors (Lipinski definition) is 1. The Kier molecular flexibility index (Phi) is 2.31.